The molecule has 8 N–H and O–H groups in total. The molecule has 0 saturated carbocycles. The van der Waals surface area contributed by atoms with Crippen molar-refractivity contribution in [3.63, 3.8) is 0 Å². The molecule has 17 heavy (non-hydrogen) atoms. The molecule has 0 heterocycles. The van der Waals surface area contributed by atoms with Gasteiger partial charge in [-0.05, 0) is 5.30 Å². The molecule has 0 saturated heterocycles. The molecule has 0 aliphatic rings. The number of nitrogen functional groups attached to an aromatic ring is 2. The van der Waals surface area contributed by atoms with Crippen molar-refractivity contribution in [2.75, 3.05) is 11.5 Å². The van der Waals surface area contributed by atoms with Crippen molar-refractivity contribution < 1.29 is 10.8 Å². The molecule has 0 aliphatic heterocycles. The van der Waals surface area contributed by atoms with Gasteiger partial charge >= 0.3 is 0 Å². The molecular formula is C12H13N4P+2. The van der Waals surface area contributed by atoms with Crippen LogP contribution in [0.15, 0.2) is 30.3 Å². The van der Waals surface area contributed by atoms with E-state index >= 15 is 0 Å². The highest BCUT2D eigenvalue weighted by Gasteiger charge is 2.39. The van der Waals surface area contributed by atoms with Crippen LogP contribution in [0.2, 0.25) is 0 Å². The lowest BCUT2D eigenvalue weighted by Crippen LogP contribution is -2.45. The molecule has 0 amide bonds. The van der Waals surface area contributed by atoms with Gasteiger partial charge in [-0.25, -0.2) is 0 Å². The highest BCUT2D eigenvalue weighted by Crippen LogP contribution is 2.37. The van der Waals surface area contributed by atoms with Crippen molar-refractivity contribution in [3.8, 4) is 0 Å². The summed E-state index contributed by atoms with van der Waals surface area (Å²) in [6.45, 7) is 0. The Morgan fingerprint density at radius 1 is 0.824 bits per heavy atom. The predicted octanol–water partition coefficient (Wildman–Crippen LogP) is -4.32. The van der Waals surface area contributed by atoms with Crippen molar-refractivity contribution in [1.82, 2.24) is 0 Å². The topological polar surface area (TPSA) is 103 Å². The van der Waals surface area contributed by atoms with Crippen molar-refractivity contribution >= 4 is 35.2 Å². The first kappa shape index (κ1) is 10.2. The van der Waals surface area contributed by atoms with Crippen LogP contribution < -0.4 is 48.9 Å². The molecule has 0 spiro atoms. The summed E-state index contributed by atoms with van der Waals surface area (Å²) in [6, 6.07) is 10.1. The summed E-state index contributed by atoms with van der Waals surface area (Å²) < 4.78 is 0. The molecule has 0 fully saturated rings. The molecule has 5 heteroatoms. The summed E-state index contributed by atoms with van der Waals surface area (Å²) in [4.78, 5) is 0. The molecule has 84 valence electrons. The number of benzene rings is 1. The molecular weight excluding hydrogens is 231 g/mol. The van der Waals surface area contributed by atoms with E-state index in [0.29, 0.717) is 22.1 Å². The van der Waals surface area contributed by atoms with Gasteiger partial charge in [0.05, 0.1) is 10.6 Å². The Morgan fingerprint density at radius 2 is 1.24 bits per heavy atom. The number of rotatable bonds is 3. The average Bonchev–Trinajstić information content (AvgIpc) is 3.14. The maximum absolute atomic E-state index is 5.83. The van der Waals surface area contributed by atoms with Gasteiger partial charge in [0.2, 0.25) is 10.7 Å². The predicted molar refractivity (Wildman–Crippen MR) is 68.8 cm³/mol. The van der Waals surface area contributed by atoms with Crippen LogP contribution in [0.4, 0.5) is 11.4 Å². The van der Waals surface area contributed by atoms with Gasteiger partial charge < -0.3 is 11.5 Å². The van der Waals surface area contributed by atoms with E-state index in [2.05, 4.69) is 12.1 Å². The van der Waals surface area contributed by atoms with E-state index in [1.54, 1.807) is 0 Å². The van der Waals surface area contributed by atoms with Crippen molar-refractivity contribution in [2.24, 2.45) is 0 Å². The lowest BCUT2D eigenvalue weighted by atomic mass is 10.4. The largest absolute Gasteiger partial charge is 0.393 e. The zero-order valence-electron chi connectivity index (χ0n) is 9.14. The third-order valence-corrected chi connectivity index (χ3v) is 5.61. The maximum atomic E-state index is 5.83. The van der Waals surface area contributed by atoms with Crippen molar-refractivity contribution in [3.05, 3.63) is 41.0 Å². The van der Waals surface area contributed by atoms with Gasteiger partial charge in [0.15, 0.2) is 0 Å². The normalized spacial score (nSPS) is 11.8. The Labute approximate surface area is 99.0 Å². The molecule has 3 aromatic carbocycles. The highest BCUT2D eigenvalue weighted by atomic mass is 31.1. The van der Waals surface area contributed by atoms with Gasteiger partial charge in [0, 0.05) is 7.92 Å². The van der Waals surface area contributed by atoms with Gasteiger partial charge in [-0.15, -0.1) is 0 Å². The second kappa shape index (κ2) is 3.28. The number of hydrogen-bond acceptors (Lipinski definition) is 2. The highest BCUT2D eigenvalue weighted by molar-refractivity contribution is 7.81. The van der Waals surface area contributed by atoms with Crippen LogP contribution in [-0.4, -0.2) is 0 Å². The first-order valence-corrected chi connectivity index (χ1v) is 6.58. The van der Waals surface area contributed by atoms with Gasteiger partial charge in [-0.2, -0.15) is 0 Å². The van der Waals surface area contributed by atoms with E-state index in [4.69, 9.17) is 22.3 Å². The molecule has 0 aromatic heterocycles. The van der Waals surface area contributed by atoms with Gasteiger partial charge in [-0.3, -0.25) is 10.8 Å². The fourth-order valence-corrected chi connectivity index (χ4v) is 4.39. The van der Waals surface area contributed by atoms with E-state index in [1.165, 1.54) is 5.30 Å². The maximum Gasteiger partial charge on any atom is 0.231 e. The van der Waals surface area contributed by atoms with E-state index in [-0.39, 0.29) is 0 Å². The minimum atomic E-state index is -0.724. The van der Waals surface area contributed by atoms with Crippen molar-refractivity contribution in [1.29, 1.82) is 0 Å². The summed E-state index contributed by atoms with van der Waals surface area (Å²) in [5.41, 5.74) is 13.1. The van der Waals surface area contributed by atoms with E-state index in [1.807, 2.05) is 18.2 Å². The zero-order valence-corrected chi connectivity index (χ0v) is 10.0. The number of nitrogens with two attached hydrogens (primary N) is 4. The summed E-state index contributed by atoms with van der Waals surface area (Å²) in [5.74, 6) is 0. The fourth-order valence-electron chi connectivity index (χ4n) is 1.84. The van der Waals surface area contributed by atoms with E-state index in [9.17, 15) is 0 Å². The molecule has 0 aliphatic carbocycles. The third-order valence-electron chi connectivity index (χ3n) is 2.94. The van der Waals surface area contributed by atoms with Crippen LogP contribution in [-0.2, 0) is 0 Å². The summed E-state index contributed by atoms with van der Waals surface area (Å²) in [6.07, 6.45) is 0. The van der Waals surface area contributed by atoms with Gasteiger partial charge in [0.1, 0.15) is 11.4 Å². The average molecular weight is 244 g/mol. The third kappa shape index (κ3) is 1.41. The minimum absolute atomic E-state index is 0.708. The molecule has 0 radical (unpaired) electrons. The molecule has 0 unspecified atom stereocenters. The van der Waals surface area contributed by atoms with E-state index < -0.39 is 7.92 Å². The molecule has 0 bridgehead atoms. The Balaban J connectivity index is 2.11. The molecule has 3 rings (SSSR count). The Hall–Kier alpha value is -1.93. The monoisotopic (exact) mass is 244 g/mol. The quantitative estimate of drug-likeness (QED) is 0.350. The minimum Gasteiger partial charge on any atom is -0.393 e. The smallest absolute Gasteiger partial charge is 0.231 e. The Morgan fingerprint density at radius 3 is 1.59 bits per heavy atom. The second-order valence-corrected chi connectivity index (χ2v) is 6.10. The summed E-state index contributed by atoms with van der Waals surface area (Å²) in [5, 5.41) is 16.3. The lowest BCUT2D eigenvalue weighted by molar-refractivity contribution is -0.166. The molecule has 4 nitrogen and oxygen atoms in total. The van der Waals surface area contributed by atoms with Crippen LogP contribution in [0, 0.1) is 0 Å². The van der Waals surface area contributed by atoms with Crippen LogP contribution >= 0.6 is 7.92 Å². The first-order chi connectivity index (χ1) is 8.13. The SMILES string of the molecule is Nc1c(P(c2ccccc2)c2c(N)c2=[NH2+])c1=[NH2+]. The van der Waals surface area contributed by atoms with Crippen LogP contribution in [0.5, 0.6) is 0 Å². The van der Waals surface area contributed by atoms with Crippen LogP contribution in [0.25, 0.3) is 0 Å². The van der Waals surface area contributed by atoms with E-state index in [0.717, 1.165) is 10.6 Å². The summed E-state index contributed by atoms with van der Waals surface area (Å²) >= 11 is 0. The number of hydrogen-bond donors (Lipinski definition) is 4. The first-order valence-electron chi connectivity index (χ1n) is 5.24. The van der Waals surface area contributed by atoms with Gasteiger partial charge in [0.25, 0.3) is 0 Å². The number of anilines is 2. The standard InChI is InChI=1S/C12H11N4P/c13-7-8(14)11(7)17(12-9(15)10(12)16)6-4-2-1-3-5-6/h1-5,13,15H,14,16H2/p+2. The molecule has 3 aromatic rings. The van der Waals surface area contributed by atoms with Crippen LogP contribution in [0.1, 0.15) is 0 Å². The second-order valence-electron chi connectivity index (χ2n) is 4.02. The Bertz CT molecular complexity index is 668. The lowest BCUT2D eigenvalue weighted by Gasteiger charge is -2.07. The zero-order chi connectivity index (χ0) is 12.2. The Kier molecular flexibility index (Phi) is 1.98. The fraction of sp³-hybridized carbons (Fsp3) is 0. The van der Waals surface area contributed by atoms with Crippen LogP contribution in [0.3, 0.4) is 0 Å². The molecule has 0 atom stereocenters. The van der Waals surface area contributed by atoms with Gasteiger partial charge in [-0.1, -0.05) is 30.3 Å². The summed E-state index contributed by atoms with van der Waals surface area (Å²) in [7, 11) is -0.724. The van der Waals surface area contributed by atoms with Crippen molar-refractivity contribution in [2.45, 2.75) is 0 Å².